The number of amides is 1. The van der Waals surface area contributed by atoms with E-state index in [0.717, 1.165) is 19.4 Å². The third kappa shape index (κ3) is 3.67. The second kappa shape index (κ2) is 7.07. The number of rotatable bonds is 4. The summed E-state index contributed by atoms with van der Waals surface area (Å²) in [6.07, 6.45) is 4.24. The Morgan fingerprint density at radius 1 is 1.33 bits per heavy atom. The van der Waals surface area contributed by atoms with Crippen LogP contribution in [-0.4, -0.2) is 50.0 Å². The molecule has 1 amide bonds. The fourth-order valence-electron chi connectivity index (χ4n) is 2.87. The van der Waals surface area contributed by atoms with Gasteiger partial charge in [-0.05, 0) is 24.7 Å². The average molecular weight is 256 g/mol. The van der Waals surface area contributed by atoms with Crippen molar-refractivity contribution >= 4 is 5.91 Å². The molecule has 104 valence electrons. The minimum absolute atomic E-state index is 0.0236. The number of hydrogen-bond acceptors (Lipinski definition) is 4. The molecule has 2 aliphatic rings. The van der Waals surface area contributed by atoms with Gasteiger partial charge >= 0.3 is 0 Å². The molecule has 18 heavy (non-hydrogen) atoms. The molecule has 0 aromatic heterocycles. The van der Waals surface area contributed by atoms with Crippen LogP contribution in [0.2, 0.25) is 0 Å². The zero-order valence-electron chi connectivity index (χ0n) is 10.9. The summed E-state index contributed by atoms with van der Waals surface area (Å²) >= 11 is 0. The van der Waals surface area contributed by atoms with Gasteiger partial charge in [0.2, 0.25) is 5.91 Å². The van der Waals surface area contributed by atoms with Crippen molar-refractivity contribution in [2.24, 2.45) is 11.8 Å². The van der Waals surface area contributed by atoms with Crippen molar-refractivity contribution in [2.75, 3.05) is 32.8 Å². The SMILES string of the molecule is O=C(NCC1CCCCC1CO)C1CNCCO1. The molecule has 3 N–H and O–H groups in total. The van der Waals surface area contributed by atoms with Crippen LogP contribution < -0.4 is 10.6 Å². The second-order valence-electron chi connectivity index (χ2n) is 5.30. The lowest BCUT2D eigenvalue weighted by atomic mass is 9.79. The molecule has 2 fully saturated rings. The normalized spacial score (nSPS) is 33.1. The maximum Gasteiger partial charge on any atom is 0.250 e. The topological polar surface area (TPSA) is 70.6 Å². The number of morpholine rings is 1. The number of ether oxygens (including phenoxy) is 1. The highest BCUT2D eigenvalue weighted by Crippen LogP contribution is 2.29. The Kier molecular flexibility index (Phi) is 5.41. The van der Waals surface area contributed by atoms with Crippen LogP contribution in [-0.2, 0) is 9.53 Å². The molecule has 5 nitrogen and oxygen atoms in total. The van der Waals surface area contributed by atoms with Crippen molar-refractivity contribution in [3.8, 4) is 0 Å². The molecule has 1 saturated carbocycles. The fraction of sp³-hybridized carbons (Fsp3) is 0.923. The molecular weight excluding hydrogens is 232 g/mol. The van der Waals surface area contributed by atoms with Gasteiger partial charge in [-0.15, -0.1) is 0 Å². The van der Waals surface area contributed by atoms with E-state index in [1.165, 1.54) is 12.8 Å². The largest absolute Gasteiger partial charge is 0.396 e. The molecule has 1 saturated heterocycles. The Labute approximate surface area is 108 Å². The van der Waals surface area contributed by atoms with Crippen LogP contribution in [0.5, 0.6) is 0 Å². The van der Waals surface area contributed by atoms with Gasteiger partial charge in [0.15, 0.2) is 0 Å². The summed E-state index contributed by atoms with van der Waals surface area (Å²) < 4.78 is 5.41. The Balaban J connectivity index is 1.73. The first-order valence-electron chi connectivity index (χ1n) is 7.02. The lowest BCUT2D eigenvalue weighted by Gasteiger charge is -2.31. The highest BCUT2D eigenvalue weighted by atomic mass is 16.5. The molecule has 1 aliphatic carbocycles. The van der Waals surface area contributed by atoms with Crippen LogP contribution in [0.15, 0.2) is 0 Å². The third-order valence-corrected chi connectivity index (χ3v) is 4.06. The quantitative estimate of drug-likeness (QED) is 0.656. The van der Waals surface area contributed by atoms with Crippen LogP contribution in [0.3, 0.4) is 0 Å². The number of aliphatic hydroxyl groups is 1. The van der Waals surface area contributed by atoms with Crippen LogP contribution in [0.25, 0.3) is 0 Å². The first-order valence-corrected chi connectivity index (χ1v) is 7.02. The number of carbonyl (C=O) groups excluding carboxylic acids is 1. The molecule has 0 aromatic carbocycles. The van der Waals surface area contributed by atoms with Crippen molar-refractivity contribution in [1.82, 2.24) is 10.6 Å². The van der Waals surface area contributed by atoms with E-state index in [-0.39, 0.29) is 18.6 Å². The molecule has 3 atom stereocenters. The molecule has 0 radical (unpaired) electrons. The minimum atomic E-state index is -0.352. The van der Waals surface area contributed by atoms with Gasteiger partial charge in [0.25, 0.3) is 0 Å². The van der Waals surface area contributed by atoms with Gasteiger partial charge in [0.1, 0.15) is 6.10 Å². The minimum Gasteiger partial charge on any atom is -0.396 e. The smallest absolute Gasteiger partial charge is 0.250 e. The van der Waals surface area contributed by atoms with Crippen molar-refractivity contribution in [3.05, 3.63) is 0 Å². The van der Waals surface area contributed by atoms with E-state index in [2.05, 4.69) is 10.6 Å². The number of hydrogen-bond donors (Lipinski definition) is 3. The average Bonchev–Trinajstić information content (AvgIpc) is 2.46. The predicted octanol–water partition coefficient (Wildman–Crippen LogP) is -0.110. The van der Waals surface area contributed by atoms with Gasteiger partial charge in [0, 0.05) is 26.2 Å². The standard InChI is InChI=1S/C13H24N2O3/c16-9-11-4-2-1-3-10(11)7-15-13(17)12-8-14-5-6-18-12/h10-12,14,16H,1-9H2,(H,15,17). The van der Waals surface area contributed by atoms with E-state index < -0.39 is 0 Å². The molecule has 0 bridgehead atoms. The molecule has 0 aromatic rings. The molecule has 0 spiro atoms. The van der Waals surface area contributed by atoms with E-state index in [4.69, 9.17) is 4.74 Å². The molecular formula is C13H24N2O3. The van der Waals surface area contributed by atoms with Crippen LogP contribution in [0, 0.1) is 11.8 Å². The Hall–Kier alpha value is -0.650. The van der Waals surface area contributed by atoms with E-state index >= 15 is 0 Å². The lowest BCUT2D eigenvalue weighted by molar-refractivity contribution is -0.134. The zero-order chi connectivity index (χ0) is 12.8. The van der Waals surface area contributed by atoms with Crippen LogP contribution >= 0.6 is 0 Å². The van der Waals surface area contributed by atoms with E-state index in [0.29, 0.717) is 31.5 Å². The molecule has 2 rings (SSSR count). The number of carbonyl (C=O) groups is 1. The Morgan fingerprint density at radius 3 is 2.78 bits per heavy atom. The van der Waals surface area contributed by atoms with Gasteiger partial charge < -0.3 is 20.5 Å². The summed E-state index contributed by atoms with van der Waals surface area (Å²) in [5, 5.41) is 15.4. The first-order chi connectivity index (χ1) is 8.81. The van der Waals surface area contributed by atoms with Crippen molar-refractivity contribution in [3.63, 3.8) is 0 Å². The first kappa shape index (κ1) is 13.8. The summed E-state index contributed by atoms with van der Waals surface area (Å²) in [5.41, 5.74) is 0. The summed E-state index contributed by atoms with van der Waals surface area (Å²) in [7, 11) is 0. The van der Waals surface area contributed by atoms with Crippen molar-refractivity contribution in [2.45, 2.75) is 31.8 Å². The van der Waals surface area contributed by atoms with Crippen molar-refractivity contribution < 1.29 is 14.6 Å². The summed E-state index contributed by atoms with van der Waals surface area (Å²) in [5.74, 6) is 0.748. The maximum atomic E-state index is 11.9. The highest BCUT2D eigenvalue weighted by molar-refractivity contribution is 5.81. The van der Waals surface area contributed by atoms with E-state index in [1.807, 2.05) is 0 Å². The maximum absolute atomic E-state index is 11.9. The number of aliphatic hydroxyl groups excluding tert-OH is 1. The Bertz CT molecular complexity index is 267. The van der Waals surface area contributed by atoms with Gasteiger partial charge in [-0.1, -0.05) is 12.8 Å². The van der Waals surface area contributed by atoms with Gasteiger partial charge in [-0.2, -0.15) is 0 Å². The number of nitrogens with one attached hydrogen (secondary N) is 2. The molecule has 1 heterocycles. The van der Waals surface area contributed by atoms with E-state index in [9.17, 15) is 9.90 Å². The third-order valence-electron chi connectivity index (χ3n) is 4.06. The van der Waals surface area contributed by atoms with Gasteiger partial charge in [0.05, 0.1) is 6.61 Å². The summed E-state index contributed by atoms with van der Waals surface area (Å²) in [6, 6.07) is 0. The second-order valence-corrected chi connectivity index (χ2v) is 5.30. The van der Waals surface area contributed by atoms with Crippen molar-refractivity contribution in [1.29, 1.82) is 0 Å². The monoisotopic (exact) mass is 256 g/mol. The zero-order valence-corrected chi connectivity index (χ0v) is 10.9. The van der Waals surface area contributed by atoms with Gasteiger partial charge in [-0.25, -0.2) is 0 Å². The molecule has 3 unspecified atom stereocenters. The van der Waals surface area contributed by atoms with Crippen LogP contribution in [0.1, 0.15) is 25.7 Å². The van der Waals surface area contributed by atoms with Gasteiger partial charge in [-0.3, -0.25) is 4.79 Å². The highest BCUT2D eigenvalue weighted by Gasteiger charge is 2.27. The molecule has 1 aliphatic heterocycles. The summed E-state index contributed by atoms with van der Waals surface area (Å²) in [6.45, 7) is 2.92. The Morgan fingerprint density at radius 2 is 2.11 bits per heavy atom. The molecule has 5 heteroatoms. The van der Waals surface area contributed by atoms with Crippen LogP contribution in [0.4, 0.5) is 0 Å². The fourth-order valence-corrected chi connectivity index (χ4v) is 2.87. The lowest BCUT2D eigenvalue weighted by Crippen LogP contribution is -2.49. The van der Waals surface area contributed by atoms with E-state index in [1.54, 1.807) is 0 Å². The summed E-state index contributed by atoms with van der Waals surface area (Å²) in [4.78, 5) is 11.9. The predicted molar refractivity (Wildman–Crippen MR) is 68.2 cm³/mol.